The van der Waals surface area contributed by atoms with Gasteiger partial charge in [-0.2, -0.15) is 4.31 Å². The SMILES string of the molecule is O=S(=O)(c1cccc(-c2nc3ccccc3s2)c1)N1CCCCCC1. The van der Waals surface area contributed by atoms with E-state index in [1.54, 1.807) is 27.8 Å². The van der Waals surface area contributed by atoms with E-state index in [2.05, 4.69) is 4.98 Å². The largest absolute Gasteiger partial charge is 0.243 e. The van der Waals surface area contributed by atoms with Gasteiger partial charge in [-0.1, -0.05) is 37.1 Å². The van der Waals surface area contributed by atoms with Gasteiger partial charge in [-0.25, -0.2) is 13.4 Å². The van der Waals surface area contributed by atoms with E-state index < -0.39 is 10.0 Å². The van der Waals surface area contributed by atoms with Crippen LogP contribution < -0.4 is 0 Å². The van der Waals surface area contributed by atoms with Crippen molar-refractivity contribution in [3.05, 3.63) is 48.5 Å². The van der Waals surface area contributed by atoms with E-state index in [1.807, 2.05) is 36.4 Å². The molecule has 0 atom stereocenters. The number of benzene rings is 2. The van der Waals surface area contributed by atoms with Gasteiger partial charge in [0.25, 0.3) is 0 Å². The third-order valence-electron chi connectivity index (χ3n) is 4.58. The highest BCUT2D eigenvalue weighted by molar-refractivity contribution is 7.89. The highest BCUT2D eigenvalue weighted by Crippen LogP contribution is 2.31. The second-order valence-corrected chi connectivity index (χ2v) is 9.30. The van der Waals surface area contributed by atoms with Gasteiger partial charge in [0.05, 0.1) is 15.1 Å². The topological polar surface area (TPSA) is 50.3 Å². The number of fused-ring (bicyclic) bond motifs is 1. The van der Waals surface area contributed by atoms with Crippen LogP contribution in [0, 0.1) is 0 Å². The number of hydrogen-bond acceptors (Lipinski definition) is 4. The summed E-state index contributed by atoms with van der Waals surface area (Å²) < 4.78 is 28.8. The molecule has 0 N–H and O–H groups in total. The van der Waals surface area contributed by atoms with Gasteiger partial charge in [-0.05, 0) is 37.1 Å². The van der Waals surface area contributed by atoms with Crippen LogP contribution in [0.3, 0.4) is 0 Å². The van der Waals surface area contributed by atoms with E-state index in [4.69, 9.17) is 0 Å². The lowest BCUT2D eigenvalue weighted by molar-refractivity contribution is 0.424. The molecule has 1 saturated heterocycles. The molecule has 0 bridgehead atoms. The van der Waals surface area contributed by atoms with Crippen molar-refractivity contribution in [2.75, 3.05) is 13.1 Å². The zero-order valence-corrected chi connectivity index (χ0v) is 15.5. The molecule has 0 amide bonds. The van der Waals surface area contributed by atoms with E-state index in [-0.39, 0.29) is 0 Å². The molecule has 1 aromatic heterocycles. The summed E-state index contributed by atoms with van der Waals surface area (Å²) >= 11 is 1.59. The first kappa shape index (κ1) is 16.7. The number of thiazole rings is 1. The summed E-state index contributed by atoms with van der Waals surface area (Å²) in [4.78, 5) is 5.01. The van der Waals surface area contributed by atoms with Crippen molar-refractivity contribution in [1.29, 1.82) is 0 Å². The van der Waals surface area contributed by atoms with Crippen LogP contribution in [0.2, 0.25) is 0 Å². The maximum absolute atomic E-state index is 13.0. The van der Waals surface area contributed by atoms with E-state index >= 15 is 0 Å². The van der Waals surface area contributed by atoms with Crippen molar-refractivity contribution in [2.24, 2.45) is 0 Å². The molecule has 25 heavy (non-hydrogen) atoms. The smallest absolute Gasteiger partial charge is 0.236 e. The quantitative estimate of drug-likeness (QED) is 0.679. The molecule has 1 fully saturated rings. The molecule has 0 radical (unpaired) electrons. The Morgan fingerprint density at radius 3 is 2.44 bits per heavy atom. The van der Waals surface area contributed by atoms with E-state index in [0.717, 1.165) is 46.5 Å². The number of aromatic nitrogens is 1. The molecule has 130 valence electrons. The molecular weight excluding hydrogens is 352 g/mol. The number of sulfonamides is 1. The Kier molecular flexibility index (Phi) is 4.58. The lowest BCUT2D eigenvalue weighted by Crippen LogP contribution is -2.31. The molecule has 3 aromatic rings. The minimum atomic E-state index is -3.44. The molecular formula is C19H20N2O2S2. The van der Waals surface area contributed by atoms with Crippen LogP contribution in [0.15, 0.2) is 53.4 Å². The summed E-state index contributed by atoms with van der Waals surface area (Å²) in [5.41, 5.74) is 1.81. The Bertz CT molecular complexity index is 954. The Balaban J connectivity index is 1.71. The molecule has 0 saturated carbocycles. The van der Waals surface area contributed by atoms with Crippen LogP contribution in [-0.4, -0.2) is 30.8 Å². The first-order chi connectivity index (χ1) is 12.1. The number of hydrogen-bond donors (Lipinski definition) is 0. The predicted molar refractivity (Wildman–Crippen MR) is 102 cm³/mol. The summed E-state index contributed by atoms with van der Waals surface area (Å²) in [5, 5.41) is 0.856. The third-order valence-corrected chi connectivity index (χ3v) is 7.56. The van der Waals surface area contributed by atoms with Crippen molar-refractivity contribution in [1.82, 2.24) is 9.29 Å². The molecule has 0 unspecified atom stereocenters. The zero-order chi connectivity index (χ0) is 17.3. The van der Waals surface area contributed by atoms with Crippen LogP contribution in [0.25, 0.3) is 20.8 Å². The Morgan fingerprint density at radius 1 is 0.920 bits per heavy atom. The van der Waals surface area contributed by atoms with Crippen molar-refractivity contribution in [2.45, 2.75) is 30.6 Å². The molecule has 6 heteroatoms. The molecule has 1 aliphatic heterocycles. The average Bonchev–Trinajstić information content (AvgIpc) is 2.87. The molecule has 2 heterocycles. The highest BCUT2D eigenvalue weighted by atomic mass is 32.2. The van der Waals surface area contributed by atoms with Crippen LogP contribution in [-0.2, 0) is 10.0 Å². The first-order valence-electron chi connectivity index (χ1n) is 8.61. The predicted octanol–water partition coefficient (Wildman–Crippen LogP) is 4.53. The van der Waals surface area contributed by atoms with E-state index in [9.17, 15) is 8.42 Å². The summed E-state index contributed by atoms with van der Waals surface area (Å²) in [7, 11) is -3.44. The molecule has 0 spiro atoms. The average molecular weight is 373 g/mol. The second kappa shape index (κ2) is 6.86. The summed E-state index contributed by atoms with van der Waals surface area (Å²) in [5.74, 6) is 0. The Morgan fingerprint density at radius 2 is 1.68 bits per heavy atom. The van der Waals surface area contributed by atoms with Crippen molar-refractivity contribution < 1.29 is 8.42 Å². The van der Waals surface area contributed by atoms with Crippen LogP contribution >= 0.6 is 11.3 Å². The van der Waals surface area contributed by atoms with Crippen molar-refractivity contribution in [3.8, 4) is 10.6 Å². The lowest BCUT2D eigenvalue weighted by Gasteiger charge is -2.20. The highest BCUT2D eigenvalue weighted by Gasteiger charge is 2.25. The fourth-order valence-corrected chi connectivity index (χ4v) is 5.74. The first-order valence-corrected chi connectivity index (χ1v) is 10.9. The van der Waals surface area contributed by atoms with E-state index in [1.165, 1.54) is 0 Å². The molecule has 1 aliphatic rings. The third kappa shape index (κ3) is 3.34. The van der Waals surface area contributed by atoms with Gasteiger partial charge in [-0.15, -0.1) is 11.3 Å². The molecule has 4 nitrogen and oxygen atoms in total. The normalized spacial score (nSPS) is 16.8. The number of para-hydroxylation sites is 1. The van der Waals surface area contributed by atoms with Gasteiger partial charge >= 0.3 is 0 Å². The van der Waals surface area contributed by atoms with Crippen molar-refractivity contribution >= 4 is 31.6 Å². The second-order valence-electron chi connectivity index (χ2n) is 6.33. The van der Waals surface area contributed by atoms with Gasteiger partial charge in [0.2, 0.25) is 10.0 Å². The van der Waals surface area contributed by atoms with Crippen molar-refractivity contribution in [3.63, 3.8) is 0 Å². The van der Waals surface area contributed by atoms with Crippen LogP contribution in [0.5, 0.6) is 0 Å². The number of rotatable bonds is 3. The Labute approximate surface area is 152 Å². The molecule has 4 rings (SSSR count). The van der Waals surface area contributed by atoms with Gasteiger partial charge in [0, 0.05) is 18.7 Å². The van der Waals surface area contributed by atoms with E-state index in [0.29, 0.717) is 18.0 Å². The van der Waals surface area contributed by atoms with Crippen LogP contribution in [0.1, 0.15) is 25.7 Å². The minimum absolute atomic E-state index is 0.367. The van der Waals surface area contributed by atoms with Gasteiger partial charge < -0.3 is 0 Å². The van der Waals surface area contributed by atoms with Gasteiger partial charge in [0.1, 0.15) is 5.01 Å². The minimum Gasteiger partial charge on any atom is -0.236 e. The summed E-state index contributed by atoms with van der Waals surface area (Å²) in [6, 6.07) is 15.2. The van der Waals surface area contributed by atoms with Gasteiger partial charge in [0.15, 0.2) is 0 Å². The monoisotopic (exact) mass is 372 g/mol. The zero-order valence-electron chi connectivity index (χ0n) is 13.9. The molecule has 2 aromatic carbocycles. The number of nitrogens with zero attached hydrogens (tertiary/aromatic N) is 2. The standard InChI is InChI=1S/C19H20N2O2S2/c22-25(23,21-12-5-1-2-6-13-21)16-9-7-8-15(14-16)19-20-17-10-3-4-11-18(17)24-19/h3-4,7-11,14H,1-2,5-6,12-13H2. The fourth-order valence-electron chi connectivity index (χ4n) is 3.22. The Hall–Kier alpha value is -1.76. The maximum atomic E-state index is 13.0. The van der Waals surface area contributed by atoms with Crippen LogP contribution in [0.4, 0.5) is 0 Å². The van der Waals surface area contributed by atoms with Gasteiger partial charge in [-0.3, -0.25) is 0 Å². The summed E-state index contributed by atoms with van der Waals surface area (Å²) in [6.07, 6.45) is 4.10. The maximum Gasteiger partial charge on any atom is 0.243 e. The summed E-state index contributed by atoms with van der Waals surface area (Å²) in [6.45, 7) is 1.24. The lowest BCUT2D eigenvalue weighted by atomic mass is 10.2. The molecule has 0 aliphatic carbocycles. The fraction of sp³-hybridized carbons (Fsp3) is 0.316.